The molecule has 0 heterocycles. The standard InChI is InChI=1S/C20H19ClN2O2/c1-3-12-23(14-17-6-4-16(13-22)5-7-17)20(24)15(2)25-19-10-8-18(21)9-11-19/h3-11,15H,1,12,14H2,2H3. The van der Waals surface area contributed by atoms with Crippen molar-refractivity contribution in [2.75, 3.05) is 6.54 Å². The fourth-order valence-corrected chi connectivity index (χ4v) is 2.44. The molecule has 0 radical (unpaired) electrons. The van der Waals surface area contributed by atoms with E-state index in [4.69, 9.17) is 21.6 Å². The smallest absolute Gasteiger partial charge is 0.263 e. The molecule has 0 bridgehead atoms. The molecule has 25 heavy (non-hydrogen) atoms. The molecule has 1 amide bonds. The van der Waals surface area contributed by atoms with E-state index in [9.17, 15) is 4.79 Å². The summed E-state index contributed by atoms with van der Waals surface area (Å²) >= 11 is 5.85. The highest BCUT2D eigenvalue weighted by atomic mass is 35.5. The SMILES string of the molecule is C=CCN(Cc1ccc(C#N)cc1)C(=O)C(C)Oc1ccc(Cl)cc1. The lowest BCUT2D eigenvalue weighted by molar-refractivity contribution is -0.138. The molecule has 0 fully saturated rings. The van der Waals surface area contributed by atoms with Crippen molar-refractivity contribution in [1.29, 1.82) is 5.26 Å². The van der Waals surface area contributed by atoms with Crippen LogP contribution in [0, 0.1) is 11.3 Å². The summed E-state index contributed by atoms with van der Waals surface area (Å²) < 4.78 is 5.71. The normalized spacial score (nSPS) is 11.2. The van der Waals surface area contributed by atoms with Gasteiger partial charge in [0.15, 0.2) is 6.10 Å². The van der Waals surface area contributed by atoms with Crippen LogP contribution in [0.4, 0.5) is 0 Å². The predicted molar refractivity (Wildman–Crippen MR) is 98.3 cm³/mol. The van der Waals surface area contributed by atoms with Crippen molar-refractivity contribution in [3.8, 4) is 11.8 Å². The number of amides is 1. The molecule has 1 unspecified atom stereocenters. The van der Waals surface area contributed by atoms with Crippen LogP contribution >= 0.6 is 11.6 Å². The van der Waals surface area contributed by atoms with Crippen molar-refractivity contribution in [3.05, 3.63) is 77.3 Å². The van der Waals surface area contributed by atoms with Gasteiger partial charge in [-0.3, -0.25) is 4.79 Å². The summed E-state index contributed by atoms with van der Waals surface area (Å²) in [5, 5.41) is 9.47. The molecule has 0 aromatic heterocycles. The molecule has 0 spiro atoms. The molecular formula is C20H19ClN2O2. The molecule has 0 aliphatic carbocycles. The Morgan fingerprint density at radius 3 is 2.48 bits per heavy atom. The van der Waals surface area contributed by atoms with Crippen LogP contribution in [0.2, 0.25) is 5.02 Å². The van der Waals surface area contributed by atoms with Gasteiger partial charge in [0.2, 0.25) is 0 Å². The van der Waals surface area contributed by atoms with Crippen LogP contribution in [0.1, 0.15) is 18.1 Å². The second-order valence-electron chi connectivity index (χ2n) is 5.53. The minimum Gasteiger partial charge on any atom is -0.481 e. The highest BCUT2D eigenvalue weighted by Gasteiger charge is 2.21. The van der Waals surface area contributed by atoms with Crippen molar-refractivity contribution >= 4 is 17.5 Å². The molecule has 1 atom stereocenters. The summed E-state index contributed by atoms with van der Waals surface area (Å²) in [6.07, 6.45) is 1.04. The first kappa shape index (κ1) is 18.6. The molecule has 4 nitrogen and oxygen atoms in total. The fourth-order valence-electron chi connectivity index (χ4n) is 2.32. The second-order valence-corrected chi connectivity index (χ2v) is 5.97. The van der Waals surface area contributed by atoms with Gasteiger partial charge in [-0.15, -0.1) is 6.58 Å². The first-order valence-electron chi connectivity index (χ1n) is 7.84. The summed E-state index contributed by atoms with van der Waals surface area (Å²) in [6.45, 7) is 6.26. The number of benzene rings is 2. The van der Waals surface area contributed by atoms with Crippen LogP contribution in [0.5, 0.6) is 5.75 Å². The molecule has 128 valence electrons. The van der Waals surface area contributed by atoms with Crippen molar-refractivity contribution < 1.29 is 9.53 Å². The zero-order chi connectivity index (χ0) is 18.2. The van der Waals surface area contributed by atoms with E-state index in [0.717, 1.165) is 5.56 Å². The quantitative estimate of drug-likeness (QED) is 0.700. The van der Waals surface area contributed by atoms with E-state index >= 15 is 0 Å². The number of hydrogen-bond acceptors (Lipinski definition) is 3. The zero-order valence-electron chi connectivity index (χ0n) is 14.0. The van der Waals surface area contributed by atoms with Gasteiger partial charge >= 0.3 is 0 Å². The Labute approximate surface area is 152 Å². The molecule has 0 aliphatic heterocycles. The lowest BCUT2D eigenvalue weighted by Gasteiger charge is -2.25. The topological polar surface area (TPSA) is 53.3 Å². The van der Waals surface area contributed by atoms with E-state index in [1.807, 2.05) is 12.1 Å². The summed E-state index contributed by atoms with van der Waals surface area (Å²) in [5.74, 6) is 0.446. The third-order valence-corrected chi connectivity index (χ3v) is 3.84. The van der Waals surface area contributed by atoms with Gasteiger partial charge in [-0.1, -0.05) is 29.8 Å². The van der Waals surface area contributed by atoms with Gasteiger partial charge in [0.1, 0.15) is 5.75 Å². The van der Waals surface area contributed by atoms with Gasteiger partial charge in [0.05, 0.1) is 11.6 Å². The summed E-state index contributed by atoms with van der Waals surface area (Å²) in [6, 6.07) is 16.1. The van der Waals surface area contributed by atoms with Crippen molar-refractivity contribution in [2.24, 2.45) is 0 Å². The Kier molecular flexibility index (Phi) is 6.62. The fraction of sp³-hybridized carbons (Fsp3) is 0.200. The van der Waals surface area contributed by atoms with E-state index in [1.165, 1.54) is 0 Å². The van der Waals surface area contributed by atoms with Crippen LogP contribution in [0.3, 0.4) is 0 Å². The third kappa shape index (κ3) is 5.37. The van der Waals surface area contributed by atoms with E-state index in [2.05, 4.69) is 12.6 Å². The summed E-state index contributed by atoms with van der Waals surface area (Å²) in [4.78, 5) is 14.4. The number of carbonyl (C=O) groups excluding carboxylic acids is 1. The maximum absolute atomic E-state index is 12.7. The Morgan fingerprint density at radius 1 is 1.28 bits per heavy atom. The number of halogens is 1. The molecular weight excluding hydrogens is 336 g/mol. The monoisotopic (exact) mass is 354 g/mol. The Bertz CT molecular complexity index is 764. The van der Waals surface area contributed by atoms with Crippen LogP contribution in [-0.4, -0.2) is 23.5 Å². The summed E-state index contributed by atoms with van der Waals surface area (Å²) in [7, 11) is 0. The molecule has 0 aliphatic rings. The van der Waals surface area contributed by atoms with Gasteiger partial charge in [-0.25, -0.2) is 0 Å². The third-order valence-electron chi connectivity index (χ3n) is 3.59. The van der Waals surface area contributed by atoms with Crippen molar-refractivity contribution in [3.63, 3.8) is 0 Å². The maximum Gasteiger partial charge on any atom is 0.263 e. The minimum absolute atomic E-state index is 0.140. The number of nitriles is 1. The predicted octanol–water partition coefficient (Wildman–Crippen LogP) is 4.19. The molecule has 0 N–H and O–H groups in total. The average Bonchev–Trinajstić information content (AvgIpc) is 2.63. The number of nitrogens with zero attached hydrogens (tertiary/aromatic N) is 2. The van der Waals surface area contributed by atoms with E-state index in [1.54, 1.807) is 54.3 Å². The Balaban J connectivity index is 2.06. The maximum atomic E-state index is 12.7. The number of carbonyl (C=O) groups is 1. The van der Waals surface area contributed by atoms with Crippen molar-refractivity contribution in [1.82, 2.24) is 4.90 Å². The number of hydrogen-bond donors (Lipinski definition) is 0. The lowest BCUT2D eigenvalue weighted by Crippen LogP contribution is -2.40. The Morgan fingerprint density at radius 2 is 1.92 bits per heavy atom. The first-order chi connectivity index (χ1) is 12.0. The first-order valence-corrected chi connectivity index (χ1v) is 8.22. The lowest BCUT2D eigenvalue weighted by atomic mass is 10.1. The largest absolute Gasteiger partial charge is 0.481 e. The average molecular weight is 355 g/mol. The van der Waals surface area contributed by atoms with Crippen LogP contribution in [0.15, 0.2) is 61.2 Å². The molecule has 2 aromatic rings. The van der Waals surface area contributed by atoms with Gasteiger partial charge < -0.3 is 9.64 Å². The number of rotatable bonds is 7. The van der Waals surface area contributed by atoms with Gasteiger partial charge in [0.25, 0.3) is 5.91 Å². The highest BCUT2D eigenvalue weighted by Crippen LogP contribution is 2.18. The minimum atomic E-state index is -0.639. The number of ether oxygens (including phenoxy) is 1. The highest BCUT2D eigenvalue weighted by molar-refractivity contribution is 6.30. The molecule has 0 saturated heterocycles. The van der Waals surface area contributed by atoms with E-state index in [-0.39, 0.29) is 5.91 Å². The van der Waals surface area contributed by atoms with Crippen molar-refractivity contribution in [2.45, 2.75) is 19.6 Å². The molecule has 2 rings (SSSR count). The van der Waals surface area contributed by atoms with E-state index < -0.39 is 6.10 Å². The zero-order valence-corrected chi connectivity index (χ0v) is 14.7. The van der Waals surface area contributed by atoms with Crippen LogP contribution < -0.4 is 4.74 Å². The molecule has 0 saturated carbocycles. The Hall–Kier alpha value is -2.77. The summed E-state index contributed by atoms with van der Waals surface area (Å²) in [5.41, 5.74) is 1.53. The van der Waals surface area contributed by atoms with Crippen LogP contribution in [-0.2, 0) is 11.3 Å². The molecule has 2 aromatic carbocycles. The van der Waals surface area contributed by atoms with Gasteiger partial charge in [-0.05, 0) is 48.9 Å². The van der Waals surface area contributed by atoms with Gasteiger partial charge in [-0.2, -0.15) is 5.26 Å². The second kappa shape index (κ2) is 8.91. The van der Waals surface area contributed by atoms with Crippen LogP contribution in [0.25, 0.3) is 0 Å². The van der Waals surface area contributed by atoms with Gasteiger partial charge in [0, 0.05) is 18.1 Å². The molecule has 5 heteroatoms. The van der Waals surface area contributed by atoms with E-state index in [0.29, 0.717) is 29.4 Å².